The van der Waals surface area contributed by atoms with Crippen molar-refractivity contribution in [1.82, 2.24) is 9.88 Å². The zero-order valence-corrected chi connectivity index (χ0v) is 16.7. The van der Waals surface area contributed by atoms with Crippen LogP contribution in [0.3, 0.4) is 0 Å². The van der Waals surface area contributed by atoms with Gasteiger partial charge in [0, 0.05) is 31.0 Å². The molecule has 3 aromatic rings. The molecule has 0 fully saturated rings. The lowest BCUT2D eigenvalue weighted by atomic mass is 10.2. The first-order valence-electron chi connectivity index (χ1n) is 9.26. The van der Waals surface area contributed by atoms with Crippen molar-refractivity contribution in [2.75, 3.05) is 27.2 Å². The predicted molar refractivity (Wildman–Crippen MR) is 109 cm³/mol. The lowest BCUT2D eigenvalue weighted by Gasteiger charge is -2.10. The van der Waals surface area contributed by atoms with Crippen LogP contribution in [0.1, 0.15) is 23.0 Å². The van der Waals surface area contributed by atoms with Gasteiger partial charge in [0.1, 0.15) is 30.4 Å². The molecule has 1 aromatic heterocycles. The average Bonchev–Trinajstić information content (AvgIpc) is 3.10. The van der Waals surface area contributed by atoms with E-state index in [9.17, 15) is 9.59 Å². The maximum absolute atomic E-state index is 12.4. The van der Waals surface area contributed by atoms with E-state index in [1.807, 2.05) is 49.3 Å². The van der Waals surface area contributed by atoms with E-state index in [2.05, 4.69) is 4.98 Å². The van der Waals surface area contributed by atoms with Crippen LogP contribution >= 0.6 is 0 Å². The standard InChI is InChI=1S/C22H24N2O5/c1-15(25)29-17-11-19-18(13-20(23-19)22(26)27-10-9-24(2)3)21(12-17)28-14-16-7-5-4-6-8-16/h4-8,11-13,23H,9-10,14H2,1-3H3. The number of hydrogen-bond acceptors (Lipinski definition) is 6. The van der Waals surface area contributed by atoms with Crippen molar-refractivity contribution in [2.24, 2.45) is 0 Å². The largest absolute Gasteiger partial charge is 0.488 e. The Morgan fingerprint density at radius 2 is 1.83 bits per heavy atom. The summed E-state index contributed by atoms with van der Waals surface area (Å²) in [7, 11) is 3.81. The summed E-state index contributed by atoms with van der Waals surface area (Å²) in [6, 6.07) is 14.7. The molecule has 0 amide bonds. The number of ether oxygens (including phenoxy) is 3. The second-order valence-corrected chi connectivity index (χ2v) is 6.87. The number of aromatic amines is 1. The van der Waals surface area contributed by atoms with Gasteiger partial charge >= 0.3 is 11.9 Å². The Hall–Kier alpha value is -3.32. The molecule has 0 spiro atoms. The first-order chi connectivity index (χ1) is 13.9. The highest BCUT2D eigenvalue weighted by Crippen LogP contribution is 2.33. The number of carbonyl (C=O) groups excluding carboxylic acids is 2. The summed E-state index contributed by atoms with van der Waals surface area (Å²) in [5.74, 6) is -0.0482. The summed E-state index contributed by atoms with van der Waals surface area (Å²) in [5.41, 5.74) is 1.92. The Morgan fingerprint density at radius 1 is 1.07 bits per heavy atom. The lowest BCUT2D eigenvalue weighted by molar-refractivity contribution is -0.131. The zero-order chi connectivity index (χ0) is 20.8. The van der Waals surface area contributed by atoms with Crippen LogP contribution in [0, 0.1) is 0 Å². The number of esters is 2. The molecule has 7 nitrogen and oxygen atoms in total. The molecule has 0 saturated heterocycles. The molecule has 29 heavy (non-hydrogen) atoms. The van der Waals surface area contributed by atoms with Gasteiger partial charge < -0.3 is 24.1 Å². The number of H-pyrrole nitrogens is 1. The van der Waals surface area contributed by atoms with Gasteiger partial charge in [-0.3, -0.25) is 4.79 Å². The number of likely N-dealkylation sites (N-methyl/N-ethyl adjacent to an activating group) is 1. The van der Waals surface area contributed by atoms with E-state index in [-0.39, 0.29) is 6.61 Å². The summed E-state index contributed by atoms with van der Waals surface area (Å²) < 4.78 is 16.5. The second-order valence-electron chi connectivity index (χ2n) is 6.87. The van der Waals surface area contributed by atoms with E-state index in [0.29, 0.717) is 41.2 Å². The van der Waals surface area contributed by atoms with Gasteiger partial charge in [-0.05, 0) is 25.7 Å². The number of carbonyl (C=O) groups is 2. The van der Waals surface area contributed by atoms with Crippen LogP contribution in [0.2, 0.25) is 0 Å². The van der Waals surface area contributed by atoms with Crippen molar-refractivity contribution in [2.45, 2.75) is 13.5 Å². The van der Waals surface area contributed by atoms with Crippen LogP contribution in [-0.4, -0.2) is 49.1 Å². The molecule has 0 aliphatic heterocycles. The Kier molecular flexibility index (Phi) is 6.51. The Labute approximate surface area is 169 Å². The minimum atomic E-state index is -0.453. The number of nitrogens with one attached hydrogen (secondary N) is 1. The molecule has 7 heteroatoms. The minimum Gasteiger partial charge on any atom is -0.488 e. The van der Waals surface area contributed by atoms with Gasteiger partial charge in [-0.15, -0.1) is 0 Å². The molecule has 3 rings (SSSR count). The van der Waals surface area contributed by atoms with Crippen molar-refractivity contribution in [1.29, 1.82) is 0 Å². The maximum Gasteiger partial charge on any atom is 0.354 e. The van der Waals surface area contributed by atoms with Crippen LogP contribution in [0.4, 0.5) is 0 Å². The molecular formula is C22H24N2O5. The first kappa shape index (κ1) is 20.4. The molecule has 0 atom stereocenters. The number of benzene rings is 2. The van der Waals surface area contributed by atoms with Gasteiger partial charge in [-0.1, -0.05) is 30.3 Å². The molecule has 152 valence electrons. The highest BCUT2D eigenvalue weighted by molar-refractivity contribution is 5.97. The molecule has 2 aromatic carbocycles. The molecule has 0 bridgehead atoms. The Morgan fingerprint density at radius 3 is 2.52 bits per heavy atom. The maximum atomic E-state index is 12.4. The number of nitrogens with zero attached hydrogens (tertiary/aromatic N) is 1. The minimum absolute atomic E-state index is 0.289. The Balaban J connectivity index is 1.86. The third kappa shape index (κ3) is 5.58. The fourth-order valence-corrected chi connectivity index (χ4v) is 2.77. The summed E-state index contributed by atoms with van der Waals surface area (Å²) in [4.78, 5) is 28.7. The average molecular weight is 396 g/mol. The molecule has 1 N–H and O–H groups in total. The van der Waals surface area contributed by atoms with E-state index in [1.165, 1.54) is 6.92 Å². The lowest BCUT2D eigenvalue weighted by Crippen LogP contribution is -2.20. The Bertz CT molecular complexity index is 995. The normalized spacial score (nSPS) is 10.9. The highest BCUT2D eigenvalue weighted by Gasteiger charge is 2.16. The molecule has 1 heterocycles. The highest BCUT2D eigenvalue weighted by atomic mass is 16.5. The van der Waals surface area contributed by atoms with Crippen molar-refractivity contribution < 1.29 is 23.8 Å². The molecular weight excluding hydrogens is 372 g/mol. The fraction of sp³-hybridized carbons (Fsp3) is 0.273. The van der Waals surface area contributed by atoms with Gasteiger partial charge in [0.2, 0.25) is 0 Å². The first-order valence-corrected chi connectivity index (χ1v) is 9.26. The van der Waals surface area contributed by atoms with Gasteiger partial charge in [0.15, 0.2) is 0 Å². The predicted octanol–water partition coefficient (Wildman–Crippen LogP) is 3.39. The van der Waals surface area contributed by atoms with Crippen LogP contribution in [-0.2, 0) is 16.1 Å². The summed E-state index contributed by atoms with van der Waals surface area (Å²) in [6.07, 6.45) is 0. The number of fused-ring (bicyclic) bond motifs is 1. The van der Waals surface area contributed by atoms with E-state index in [1.54, 1.807) is 18.2 Å². The van der Waals surface area contributed by atoms with Crippen LogP contribution in [0.5, 0.6) is 11.5 Å². The number of aromatic nitrogens is 1. The molecule has 0 aliphatic carbocycles. The summed E-state index contributed by atoms with van der Waals surface area (Å²) >= 11 is 0. The van der Waals surface area contributed by atoms with E-state index >= 15 is 0 Å². The smallest absolute Gasteiger partial charge is 0.354 e. The fourth-order valence-electron chi connectivity index (χ4n) is 2.77. The van der Waals surface area contributed by atoms with Crippen LogP contribution in [0.15, 0.2) is 48.5 Å². The third-order valence-corrected chi connectivity index (χ3v) is 4.16. The van der Waals surface area contributed by atoms with Crippen LogP contribution < -0.4 is 9.47 Å². The number of rotatable bonds is 8. The topological polar surface area (TPSA) is 80.9 Å². The van der Waals surface area contributed by atoms with Gasteiger partial charge in [0.05, 0.1) is 5.52 Å². The quantitative estimate of drug-likeness (QED) is 0.464. The third-order valence-electron chi connectivity index (χ3n) is 4.16. The van der Waals surface area contributed by atoms with E-state index in [4.69, 9.17) is 14.2 Å². The van der Waals surface area contributed by atoms with E-state index in [0.717, 1.165) is 5.56 Å². The van der Waals surface area contributed by atoms with Crippen molar-refractivity contribution in [3.05, 3.63) is 59.8 Å². The SMILES string of the molecule is CC(=O)Oc1cc(OCc2ccccc2)c2cc(C(=O)OCCN(C)C)[nH]c2c1. The number of hydrogen-bond donors (Lipinski definition) is 1. The van der Waals surface area contributed by atoms with Crippen LogP contribution in [0.25, 0.3) is 10.9 Å². The molecule has 0 radical (unpaired) electrons. The van der Waals surface area contributed by atoms with Gasteiger partial charge in [-0.2, -0.15) is 0 Å². The summed E-state index contributed by atoms with van der Waals surface area (Å²) in [5, 5.41) is 0.705. The van der Waals surface area contributed by atoms with E-state index < -0.39 is 11.9 Å². The van der Waals surface area contributed by atoms with Crippen molar-refractivity contribution >= 4 is 22.8 Å². The molecule has 0 saturated carbocycles. The van der Waals surface area contributed by atoms with Crippen molar-refractivity contribution in [3.63, 3.8) is 0 Å². The molecule has 0 unspecified atom stereocenters. The zero-order valence-electron chi connectivity index (χ0n) is 16.7. The summed E-state index contributed by atoms with van der Waals surface area (Å²) in [6.45, 7) is 2.59. The van der Waals surface area contributed by atoms with Gasteiger partial charge in [0.25, 0.3) is 0 Å². The van der Waals surface area contributed by atoms with Crippen molar-refractivity contribution in [3.8, 4) is 11.5 Å². The molecule has 0 aliphatic rings. The second kappa shape index (κ2) is 9.25. The monoisotopic (exact) mass is 396 g/mol. The van der Waals surface area contributed by atoms with Gasteiger partial charge in [-0.25, -0.2) is 4.79 Å².